The van der Waals surface area contributed by atoms with E-state index in [4.69, 9.17) is 9.84 Å². The van der Waals surface area contributed by atoms with Crippen LogP contribution in [0, 0.1) is 5.92 Å². The topological polar surface area (TPSA) is 63.6 Å². The van der Waals surface area contributed by atoms with E-state index in [1.54, 1.807) is 19.9 Å². The molecule has 1 atom stereocenters. The van der Waals surface area contributed by atoms with Gasteiger partial charge in [0.05, 0.1) is 5.92 Å². The summed E-state index contributed by atoms with van der Waals surface area (Å²) in [5, 5.41) is 8.61. The van der Waals surface area contributed by atoms with Gasteiger partial charge in [-0.2, -0.15) is 0 Å². The van der Waals surface area contributed by atoms with Gasteiger partial charge in [0.2, 0.25) is 0 Å². The molecule has 0 aliphatic heterocycles. The summed E-state index contributed by atoms with van der Waals surface area (Å²) in [6.45, 7) is 3.37. The quantitative estimate of drug-likeness (QED) is 0.518. The summed E-state index contributed by atoms with van der Waals surface area (Å²) in [7, 11) is 0. The van der Waals surface area contributed by atoms with Crippen molar-refractivity contribution in [1.29, 1.82) is 0 Å². The van der Waals surface area contributed by atoms with Crippen LogP contribution < -0.4 is 0 Å². The van der Waals surface area contributed by atoms with Gasteiger partial charge in [0, 0.05) is 6.08 Å². The minimum atomic E-state index is -0.934. The van der Waals surface area contributed by atoms with Gasteiger partial charge in [-0.1, -0.05) is 13.0 Å². The molecule has 74 valence electrons. The maximum Gasteiger partial charge on any atom is 0.330 e. The van der Waals surface area contributed by atoms with Gasteiger partial charge in [-0.05, 0) is 13.3 Å². The van der Waals surface area contributed by atoms with Gasteiger partial charge in [0.1, 0.15) is 6.61 Å². The second-order valence-corrected chi connectivity index (χ2v) is 2.57. The number of rotatable bonds is 5. The van der Waals surface area contributed by atoms with Gasteiger partial charge < -0.3 is 9.84 Å². The molecular weight excluding hydrogens is 172 g/mol. The van der Waals surface area contributed by atoms with E-state index in [2.05, 4.69) is 0 Å². The Labute approximate surface area is 77.2 Å². The van der Waals surface area contributed by atoms with Gasteiger partial charge in [0.15, 0.2) is 0 Å². The predicted molar refractivity (Wildman–Crippen MR) is 47.2 cm³/mol. The first-order chi connectivity index (χ1) is 6.11. The smallest absolute Gasteiger partial charge is 0.330 e. The first-order valence-corrected chi connectivity index (χ1v) is 4.14. The van der Waals surface area contributed by atoms with E-state index in [-0.39, 0.29) is 6.61 Å². The number of carboxylic acid groups (broad SMARTS) is 1. The molecule has 0 aromatic heterocycles. The highest BCUT2D eigenvalue weighted by molar-refractivity contribution is 5.82. The molecule has 0 fully saturated rings. The number of aliphatic carboxylic acids is 1. The Morgan fingerprint density at radius 1 is 1.54 bits per heavy atom. The number of carbonyl (C=O) groups excluding carboxylic acids is 1. The lowest BCUT2D eigenvalue weighted by molar-refractivity contribution is -0.148. The van der Waals surface area contributed by atoms with E-state index in [9.17, 15) is 9.59 Å². The third-order valence-electron chi connectivity index (χ3n) is 1.57. The third-order valence-corrected chi connectivity index (χ3v) is 1.57. The van der Waals surface area contributed by atoms with Crippen molar-refractivity contribution in [1.82, 2.24) is 0 Å². The van der Waals surface area contributed by atoms with Crippen LogP contribution in [-0.4, -0.2) is 23.7 Å². The van der Waals surface area contributed by atoms with Crippen LogP contribution in [0.3, 0.4) is 0 Å². The average molecular weight is 186 g/mol. The average Bonchev–Trinajstić information content (AvgIpc) is 2.05. The Balaban J connectivity index is 3.85. The van der Waals surface area contributed by atoms with E-state index in [0.717, 1.165) is 0 Å². The molecule has 0 bridgehead atoms. The standard InChI is InChI=1S/C9H14O4/c1-3-5-8(10)13-6-7(4-2)9(11)12/h3,5,7H,4,6H2,1-2H3,(H,11,12). The molecule has 0 aromatic carbocycles. The van der Waals surface area contributed by atoms with Crippen LogP contribution in [-0.2, 0) is 14.3 Å². The number of carbonyl (C=O) groups is 2. The molecule has 0 saturated heterocycles. The van der Waals surface area contributed by atoms with Crippen molar-refractivity contribution < 1.29 is 19.4 Å². The van der Waals surface area contributed by atoms with Crippen molar-refractivity contribution in [3.8, 4) is 0 Å². The van der Waals surface area contributed by atoms with Crippen molar-refractivity contribution >= 4 is 11.9 Å². The van der Waals surface area contributed by atoms with Crippen LogP contribution >= 0.6 is 0 Å². The molecular formula is C9H14O4. The maximum absolute atomic E-state index is 10.8. The van der Waals surface area contributed by atoms with Crippen LogP contribution in [0.5, 0.6) is 0 Å². The van der Waals surface area contributed by atoms with Crippen LogP contribution in [0.2, 0.25) is 0 Å². The second-order valence-electron chi connectivity index (χ2n) is 2.57. The summed E-state index contributed by atoms with van der Waals surface area (Å²) in [4.78, 5) is 21.3. The molecule has 1 unspecified atom stereocenters. The minimum Gasteiger partial charge on any atom is -0.481 e. The van der Waals surface area contributed by atoms with Crippen molar-refractivity contribution in [3.05, 3.63) is 12.2 Å². The first kappa shape index (κ1) is 11.7. The molecule has 0 rings (SSSR count). The Bertz CT molecular complexity index is 208. The summed E-state index contributed by atoms with van der Waals surface area (Å²) < 4.78 is 4.69. The fraction of sp³-hybridized carbons (Fsp3) is 0.556. The molecule has 0 aromatic rings. The Morgan fingerprint density at radius 3 is 2.54 bits per heavy atom. The predicted octanol–water partition coefficient (Wildman–Crippen LogP) is 1.22. The summed E-state index contributed by atoms with van der Waals surface area (Å²) in [6.07, 6.45) is 3.26. The van der Waals surface area contributed by atoms with Gasteiger partial charge in [-0.25, -0.2) is 4.79 Å². The lowest BCUT2D eigenvalue weighted by Crippen LogP contribution is -2.20. The molecule has 0 aliphatic carbocycles. The molecule has 0 aliphatic rings. The van der Waals surface area contributed by atoms with Gasteiger partial charge in [-0.15, -0.1) is 0 Å². The van der Waals surface area contributed by atoms with Crippen LogP contribution in [0.25, 0.3) is 0 Å². The van der Waals surface area contributed by atoms with Crippen molar-refractivity contribution in [2.24, 2.45) is 5.92 Å². The molecule has 0 spiro atoms. The number of hydrogen-bond acceptors (Lipinski definition) is 3. The molecule has 0 heterocycles. The monoisotopic (exact) mass is 186 g/mol. The highest BCUT2D eigenvalue weighted by Crippen LogP contribution is 2.03. The molecule has 4 nitrogen and oxygen atoms in total. The molecule has 0 amide bonds. The summed E-state index contributed by atoms with van der Waals surface area (Å²) in [5.41, 5.74) is 0. The Morgan fingerprint density at radius 2 is 2.15 bits per heavy atom. The number of allylic oxidation sites excluding steroid dienone is 1. The SMILES string of the molecule is CC=CC(=O)OCC(CC)C(=O)O. The fourth-order valence-electron chi connectivity index (χ4n) is 0.731. The number of esters is 1. The third kappa shape index (κ3) is 5.00. The van der Waals surface area contributed by atoms with E-state index in [1.165, 1.54) is 6.08 Å². The summed E-state index contributed by atoms with van der Waals surface area (Å²) in [6, 6.07) is 0. The number of hydrogen-bond donors (Lipinski definition) is 1. The van der Waals surface area contributed by atoms with E-state index in [0.29, 0.717) is 6.42 Å². The highest BCUT2D eigenvalue weighted by atomic mass is 16.5. The van der Waals surface area contributed by atoms with E-state index in [1.807, 2.05) is 0 Å². The molecule has 1 N–H and O–H groups in total. The lowest BCUT2D eigenvalue weighted by Gasteiger charge is -2.08. The summed E-state index contributed by atoms with van der Waals surface area (Å²) >= 11 is 0. The van der Waals surface area contributed by atoms with Crippen molar-refractivity contribution in [2.75, 3.05) is 6.61 Å². The maximum atomic E-state index is 10.8. The highest BCUT2D eigenvalue weighted by Gasteiger charge is 2.16. The number of ether oxygens (including phenoxy) is 1. The number of carboxylic acids is 1. The van der Waals surface area contributed by atoms with Gasteiger partial charge >= 0.3 is 11.9 Å². The summed E-state index contributed by atoms with van der Waals surface area (Å²) in [5.74, 6) is -2.04. The minimum absolute atomic E-state index is 0.0605. The zero-order valence-corrected chi connectivity index (χ0v) is 7.82. The van der Waals surface area contributed by atoms with E-state index < -0.39 is 17.9 Å². The molecule has 13 heavy (non-hydrogen) atoms. The van der Waals surface area contributed by atoms with Crippen LogP contribution in [0.4, 0.5) is 0 Å². The van der Waals surface area contributed by atoms with E-state index >= 15 is 0 Å². The van der Waals surface area contributed by atoms with Crippen LogP contribution in [0.15, 0.2) is 12.2 Å². The fourth-order valence-corrected chi connectivity index (χ4v) is 0.731. The van der Waals surface area contributed by atoms with Crippen LogP contribution in [0.1, 0.15) is 20.3 Å². The van der Waals surface area contributed by atoms with Crippen molar-refractivity contribution in [3.63, 3.8) is 0 Å². The molecule has 0 radical (unpaired) electrons. The van der Waals surface area contributed by atoms with Gasteiger partial charge in [-0.3, -0.25) is 4.79 Å². The Kier molecular flexibility index (Phi) is 5.59. The zero-order valence-electron chi connectivity index (χ0n) is 7.82. The largest absolute Gasteiger partial charge is 0.481 e. The molecule has 4 heteroatoms. The molecule has 0 saturated carbocycles. The Hall–Kier alpha value is -1.32. The zero-order chi connectivity index (χ0) is 10.3. The lowest BCUT2D eigenvalue weighted by atomic mass is 10.1. The van der Waals surface area contributed by atoms with Gasteiger partial charge in [0.25, 0.3) is 0 Å². The normalized spacial score (nSPS) is 12.8. The second kappa shape index (κ2) is 6.22. The first-order valence-electron chi connectivity index (χ1n) is 4.14. The van der Waals surface area contributed by atoms with Crippen molar-refractivity contribution in [2.45, 2.75) is 20.3 Å².